The zero-order valence-electron chi connectivity index (χ0n) is 8.16. The minimum absolute atomic E-state index is 0.0774. The van der Waals surface area contributed by atoms with Crippen LogP contribution in [0.4, 0.5) is 0 Å². The highest BCUT2D eigenvalue weighted by molar-refractivity contribution is 5.94. The molecule has 0 aromatic rings. The zero-order chi connectivity index (χ0) is 10.3. The van der Waals surface area contributed by atoms with E-state index in [0.717, 1.165) is 0 Å². The molecule has 0 aromatic heterocycles. The van der Waals surface area contributed by atoms with Crippen LogP contribution in [0.1, 0.15) is 32.6 Å². The summed E-state index contributed by atoms with van der Waals surface area (Å²) in [5.74, 6) is -0.787. The number of rotatable bonds is 1. The van der Waals surface area contributed by atoms with Crippen molar-refractivity contribution < 1.29 is 19.4 Å². The molecule has 1 N–H and O–H groups in total. The van der Waals surface area contributed by atoms with E-state index in [9.17, 15) is 14.7 Å². The fourth-order valence-corrected chi connectivity index (χ4v) is 2.61. The van der Waals surface area contributed by atoms with Crippen LogP contribution in [0.2, 0.25) is 0 Å². The Morgan fingerprint density at radius 1 is 1.50 bits per heavy atom. The molecule has 4 heteroatoms. The van der Waals surface area contributed by atoms with E-state index in [4.69, 9.17) is 4.74 Å². The van der Waals surface area contributed by atoms with Gasteiger partial charge in [-0.25, -0.2) is 0 Å². The lowest BCUT2D eigenvalue weighted by atomic mass is 9.82. The molecular weight excluding hydrogens is 184 g/mol. The number of aliphatic hydroxyl groups is 1. The smallest absolute Gasteiger partial charge is 0.303 e. The van der Waals surface area contributed by atoms with Crippen molar-refractivity contribution in [3.63, 3.8) is 0 Å². The maximum atomic E-state index is 11.8. The van der Waals surface area contributed by atoms with Gasteiger partial charge in [0.2, 0.25) is 0 Å². The molecule has 2 aliphatic rings. The van der Waals surface area contributed by atoms with Crippen molar-refractivity contribution in [1.82, 2.24) is 0 Å². The number of fused-ring (bicyclic) bond motifs is 2. The Kier molecular flexibility index (Phi) is 2.10. The Bertz CT molecular complexity index is 286. The Morgan fingerprint density at radius 2 is 2.14 bits per heavy atom. The Morgan fingerprint density at radius 3 is 2.79 bits per heavy atom. The molecule has 0 saturated heterocycles. The summed E-state index contributed by atoms with van der Waals surface area (Å²) >= 11 is 0. The van der Waals surface area contributed by atoms with E-state index in [0.29, 0.717) is 25.7 Å². The molecule has 2 saturated carbocycles. The number of hydrogen-bond donors (Lipinski definition) is 1. The van der Waals surface area contributed by atoms with E-state index >= 15 is 0 Å². The lowest BCUT2D eigenvalue weighted by Gasteiger charge is -2.33. The fraction of sp³-hybridized carbons (Fsp3) is 0.800. The number of ketones is 1. The van der Waals surface area contributed by atoms with Crippen molar-refractivity contribution >= 4 is 11.8 Å². The molecule has 0 aromatic carbocycles. The summed E-state index contributed by atoms with van der Waals surface area (Å²) in [6, 6.07) is 0. The minimum Gasteiger partial charge on any atom is -0.451 e. The van der Waals surface area contributed by atoms with Crippen molar-refractivity contribution in [2.45, 2.75) is 44.3 Å². The van der Waals surface area contributed by atoms with Crippen LogP contribution in [0.3, 0.4) is 0 Å². The van der Waals surface area contributed by atoms with Gasteiger partial charge in [0.1, 0.15) is 0 Å². The first kappa shape index (κ1) is 9.65. The predicted molar refractivity (Wildman–Crippen MR) is 47.5 cm³/mol. The molecule has 0 radical (unpaired) electrons. The predicted octanol–water partition coefficient (Wildman–Crippen LogP) is 0.422. The fourth-order valence-electron chi connectivity index (χ4n) is 2.61. The third kappa shape index (κ3) is 1.25. The third-order valence-corrected chi connectivity index (χ3v) is 3.29. The van der Waals surface area contributed by atoms with Crippen LogP contribution in [0, 0.1) is 5.92 Å². The standard InChI is InChI=1S/C10H14O4/c1-6(11)14-10-4-2-7(9(10)13)8(12)3-5-10/h7-8,12H,2-5H2,1H3/t7-,8+,10+/m0/s1. The van der Waals surface area contributed by atoms with Gasteiger partial charge in [-0.15, -0.1) is 0 Å². The maximum absolute atomic E-state index is 11.8. The highest BCUT2D eigenvalue weighted by Crippen LogP contribution is 2.44. The Hall–Kier alpha value is -0.900. The van der Waals surface area contributed by atoms with E-state index in [1.807, 2.05) is 0 Å². The largest absolute Gasteiger partial charge is 0.451 e. The van der Waals surface area contributed by atoms with Gasteiger partial charge in [-0.1, -0.05) is 0 Å². The number of carbonyl (C=O) groups excluding carboxylic acids is 2. The normalized spacial score (nSPS) is 41.1. The molecule has 0 heterocycles. The molecule has 0 aliphatic heterocycles. The molecule has 0 amide bonds. The van der Waals surface area contributed by atoms with Crippen molar-refractivity contribution in [3.05, 3.63) is 0 Å². The first-order valence-corrected chi connectivity index (χ1v) is 4.97. The van der Waals surface area contributed by atoms with Gasteiger partial charge >= 0.3 is 5.97 Å². The molecule has 78 valence electrons. The monoisotopic (exact) mass is 198 g/mol. The second-order valence-electron chi connectivity index (χ2n) is 4.20. The number of aliphatic hydroxyl groups excluding tert-OH is 1. The van der Waals surface area contributed by atoms with Gasteiger partial charge in [-0.3, -0.25) is 9.59 Å². The lowest BCUT2D eigenvalue weighted by molar-refractivity contribution is -0.169. The van der Waals surface area contributed by atoms with Gasteiger partial charge in [-0.2, -0.15) is 0 Å². The second kappa shape index (κ2) is 3.05. The average molecular weight is 198 g/mol. The molecule has 0 unspecified atom stereocenters. The molecule has 0 spiro atoms. The van der Waals surface area contributed by atoms with Gasteiger partial charge in [0, 0.05) is 12.8 Å². The average Bonchev–Trinajstić information content (AvgIpc) is 2.29. The van der Waals surface area contributed by atoms with Crippen molar-refractivity contribution in [2.75, 3.05) is 0 Å². The third-order valence-electron chi connectivity index (χ3n) is 3.29. The number of ether oxygens (including phenoxy) is 1. The highest BCUT2D eigenvalue weighted by Gasteiger charge is 2.55. The van der Waals surface area contributed by atoms with Crippen LogP contribution < -0.4 is 0 Å². The summed E-state index contributed by atoms with van der Waals surface area (Å²) in [7, 11) is 0. The van der Waals surface area contributed by atoms with E-state index in [1.165, 1.54) is 6.92 Å². The number of Topliss-reactive ketones (excluding diaryl/α,β-unsaturated/α-hetero) is 1. The summed E-state index contributed by atoms with van der Waals surface area (Å²) in [4.78, 5) is 22.7. The van der Waals surface area contributed by atoms with Crippen LogP contribution in [0.15, 0.2) is 0 Å². The van der Waals surface area contributed by atoms with Crippen molar-refractivity contribution in [3.8, 4) is 0 Å². The van der Waals surface area contributed by atoms with Gasteiger partial charge in [-0.05, 0) is 25.7 Å². The summed E-state index contributed by atoms with van der Waals surface area (Å²) < 4.78 is 5.13. The second-order valence-corrected chi connectivity index (χ2v) is 4.20. The number of esters is 1. The number of hydrogen-bond acceptors (Lipinski definition) is 4. The highest BCUT2D eigenvalue weighted by atomic mass is 16.6. The summed E-state index contributed by atoms with van der Waals surface area (Å²) in [6.07, 6.45) is 1.72. The molecule has 2 fully saturated rings. The molecular formula is C10H14O4. The van der Waals surface area contributed by atoms with E-state index < -0.39 is 17.7 Å². The van der Waals surface area contributed by atoms with Crippen molar-refractivity contribution in [1.29, 1.82) is 0 Å². The summed E-state index contributed by atoms with van der Waals surface area (Å²) in [5, 5.41) is 9.55. The Balaban J connectivity index is 2.22. The van der Waals surface area contributed by atoms with Crippen molar-refractivity contribution in [2.24, 2.45) is 5.92 Å². The van der Waals surface area contributed by atoms with Gasteiger partial charge in [0.05, 0.1) is 6.10 Å². The van der Waals surface area contributed by atoms with Gasteiger partial charge in [0.25, 0.3) is 0 Å². The molecule has 2 bridgehead atoms. The lowest BCUT2D eigenvalue weighted by Crippen LogP contribution is -2.47. The van der Waals surface area contributed by atoms with Crippen LogP contribution in [0.25, 0.3) is 0 Å². The topological polar surface area (TPSA) is 63.6 Å². The molecule has 2 rings (SSSR count). The van der Waals surface area contributed by atoms with E-state index in [2.05, 4.69) is 0 Å². The SMILES string of the molecule is CC(=O)O[C@@]12CC[C@@H](O)[C@H](CC1)C2=O. The van der Waals surface area contributed by atoms with E-state index in [-0.39, 0.29) is 11.7 Å². The van der Waals surface area contributed by atoms with Gasteiger partial charge < -0.3 is 9.84 Å². The Labute approximate surface area is 82.2 Å². The van der Waals surface area contributed by atoms with Crippen LogP contribution in [0.5, 0.6) is 0 Å². The summed E-state index contributed by atoms with van der Waals surface area (Å²) in [6.45, 7) is 1.32. The molecule has 2 aliphatic carbocycles. The number of carbonyl (C=O) groups is 2. The first-order valence-electron chi connectivity index (χ1n) is 4.97. The molecule has 4 nitrogen and oxygen atoms in total. The maximum Gasteiger partial charge on any atom is 0.303 e. The minimum atomic E-state index is -0.893. The quantitative estimate of drug-likeness (QED) is 0.620. The van der Waals surface area contributed by atoms with Crippen LogP contribution in [-0.4, -0.2) is 28.6 Å². The van der Waals surface area contributed by atoms with Crippen LogP contribution >= 0.6 is 0 Å². The molecule has 3 atom stereocenters. The van der Waals surface area contributed by atoms with E-state index in [1.54, 1.807) is 0 Å². The first-order chi connectivity index (χ1) is 6.55. The summed E-state index contributed by atoms with van der Waals surface area (Å²) in [5.41, 5.74) is -0.893. The van der Waals surface area contributed by atoms with Gasteiger partial charge in [0.15, 0.2) is 11.4 Å². The zero-order valence-corrected chi connectivity index (χ0v) is 8.16. The molecule has 14 heavy (non-hydrogen) atoms. The van der Waals surface area contributed by atoms with Crippen LogP contribution in [-0.2, 0) is 14.3 Å².